The van der Waals surface area contributed by atoms with E-state index < -0.39 is 0 Å². The van der Waals surface area contributed by atoms with Crippen LogP contribution < -0.4 is 4.74 Å². The molecule has 0 spiro atoms. The summed E-state index contributed by atoms with van der Waals surface area (Å²) in [6, 6.07) is 16.6. The van der Waals surface area contributed by atoms with E-state index in [0.717, 1.165) is 29.8 Å². The Labute approximate surface area is 176 Å². The minimum Gasteiger partial charge on any atom is -0.484 e. The molecular formula is C24H26N2O4. The first-order chi connectivity index (χ1) is 14.5. The maximum absolute atomic E-state index is 12.7. The highest BCUT2D eigenvalue weighted by Crippen LogP contribution is 2.18. The minimum absolute atomic E-state index is 0.146. The van der Waals surface area contributed by atoms with Crippen molar-refractivity contribution in [1.82, 2.24) is 9.78 Å². The molecule has 0 atom stereocenters. The SMILES string of the molecule is CCCOC(=O)c1ccc(OCC(=O)n2nc(C)c(Cc3ccccc3)c2C)cc1. The summed E-state index contributed by atoms with van der Waals surface area (Å²) in [6.45, 7) is 5.99. The van der Waals surface area contributed by atoms with E-state index in [-0.39, 0.29) is 18.5 Å². The Bertz CT molecular complexity index is 1010. The summed E-state index contributed by atoms with van der Waals surface area (Å²) in [6.07, 6.45) is 1.50. The Morgan fingerprint density at radius 3 is 2.37 bits per heavy atom. The van der Waals surface area contributed by atoms with Crippen molar-refractivity contribution in [2.75, 3.05) is 13.2 Å². The molecule has 6 nitrogen and oxygen atoms in total. The van der Waals surface area contributed by atoms with Gasteiger partial charge in [-0.2, -0.15) is 5.10 Å². The Morgan fingerprint density at radius 2 is 1.70 bits per heavy atom. The van der Waals surface area contributed by atoms with E-state index in [9.17, 15) is 9.59 Å². The molecule has 1 aromatic heterocycles. The first-order valence-electron chi connectivity index (χ1n) is 10.0. The number of carbonyl (C=O) groups is 2. The highest BCUT2D eigenvalue weighted by Gasteiger charge is 2.17. The third kappa shape index (κ3) is 5.14. The Balaban J connectivity index is 1.62. The van der Waals surface area contributed by atoms with Crippen LogP contribution in [0.3, 0.4) is 0 Å². The molecule has 2 aromatic carbocycles. The molecule has 0 amide bonds. The molecule has 3 aromatic rings. The number of hydrogen-bond donors (Lipinski definition) is 0. The van der Waals surface area contributed by atoms with Gasteiger partial charge >= 0.3 is 5.97 Å². The number of carbonyl (C=O) groups excluding carboxylic acids is 2. The number of nitrogens with zero attached hydrogens (tertiary/aromatic N) is 2. The van der Waals surface area contributed by atoms with Gasteiger partial charge in [-0.05, 0) is 50.1 Å². The monoisotopic (exact) mass is 406 g/mol. The lowest BCUT2D eigenvalue weighted by molar-refractivity contribution is 0.0504. The topological polar surface area (TPSA) is 70.4 Å². The smallest absolute Gasteiger partial charge is 0.338 e. The van der Waals surface area contributed by atoms with Crippen LogP contribution in [0, 0.1) is 13.8 Å². The van der Waals surface area contributed by atoms with Gasteiger partial charge in [-0.3, -0.25) is 4.79 Å². The number of aromatic nitrogens is 2. The third-order valence-electron chi connectivity index (χ3n) is 4.79. The molecule has 6 heteroatoms. The fourth-order valence-corrected chi connectivity index (χ4v) is 3.15. The molecule has 30 heavy (non-hydrogen) atoms. The molecule has 0 aliphatic rings. The van der Waals surface area contributed by atoms with Crippen molar-refractivity contribution < 1.29 is 19.1 Å². The van der Waals surface area contributed by atoms with E-state index in [1.165, 1.54) is 10.2 Å². The van der Waals surface area contributed by atoms with Gasteiger partial charge in [0, 0.05) is 17.7 Å². The second kappa shape index (κ2) is 9.87. The van der Waals surface area contributed by atoms with Crippen LogP contribution in [0.15, 0.2) is 54.6 Å². The number of aryl methyl sites for hydroxylation is 1. The van der Waals surface area contributed by atoms with Crippen LogP contribution in [0.4, 0.5) is 0 Å². The van der Waals surface area contributed by atoms with Gasteiger partial charge in [0.2, 0.25) is 0 Å². The van der Waals surface area contributed by atoms with Crippen molar-refractivity contribution in [1.29, 1.82) is 0 Å². The summed E-state index contributed by atoms with van der Waals surface area (Å²) in [5, 5.41) is 4.41. The zero-order valence-corrected chi connectivity index (χ0v) is 17.6. The van der Waals surface area contributed by atoms with E-state index in [0.29, 0.717) is 17.9 Å². The van der Waals surface area contributed by atoms with Crippen molar-refractivity contribution in [3.05, 3.63) is 82.7 Å². The standard InChI is InChI=1S/C24H26N2O4/c1-4-14-29-24(28)20-10-12-21(13-11-20)30-16-23(27)26-18(3)22(17(2)25-26)15-19-8-6-5-7-9-19/h5-13H,4,14-16H2,1-3H3. The van der Waals surface area contributed by atoms with Gasteiger partial charge < -0.3 is 9.47 Å². The summed E-state index contributed by atoms with van der Waals surface area (Å²) < 4.78 is 12.1. The molecule has 0 saturated carbocycles. The zero-order valence-electron chi connectivity index (χ0n) is 17.6. The van der Waals surface area contributed by atoms with Crippen LogP contribution in [0.5, 0.6) is 5.75 Å². The molecule has 156 valence electrons. The molecule has 0 N–H and O–H groups in total. The van der Waals surface area contributed by atoms with Crippen LogP contribution in [0.2, 0.25) is 0 Å². The summed E-state index contributed by atoms with van der Waals surface area (Å²) in [5.41, 5.74) is 4.32. The Kier molecular flexibility index (Phi) is 7.01. The lowest BCUT2D eigenvalue weighted by atomic mass is 10.0. The van der Waals surface area contributed by atoms with Crippen molar-refractivity contribution in [2.24, 2.45) is 0 Å². The first kappa shape index (κ1) is 21.3. The van der Waals surface area contributed by atoms with Gasteiger partial charge in [0.1, 0.15) is 5.75 Å². The first-order valence-corrected chi connectivity index (χ1v) is 10.0. The third-order valence-corrected chi connectivity index (χ3v) is 4.79. The lowest BCUT2D eigenvalue weighted by Gasteiger charge is -2.08. The summed E-state index contributed by atoms with van der Waals surface area (Å²) in [7, 11) is 0. The Hall–Kier alpha value is -3.41. The summed E-state index contributed by atoms with van der Waals surface area (Å²) in [4.78, 5) is 24.5. The molecule has 0 bridgehead atoms. The minimum atomic E-state index is -0.368. The highest BCUT2D eigenvalue weighted by atomic mass is 16.5. The quantitative estimate of drug-likeness (QED) is 0.519. The fourth-order valence-electron chi connectivity index (χ4n) is 3.15. The number of ether oxygens (including phenoxy) is 2. The zero-order chi connectivity index (χ0) is 21.5. The van der Waals surface area contributed by atoms with E-state index >= 15 is 0 Å². The molecule has 0 fully saturated rings. The van der Waals surface area contributed by atoms with Crippen molar-refractivity contribution >= 4 is 11.9 Å². The second-order valence-corrected chi connectivity index (χ2v) is 7.07. The van der Waals surface area contributed by atoms with Gasteiger partial charge in [0.25, 0.3) is 5.91 Å². The van der Waals surface area contributed by atoms with E-state index in [4.69, 9.17) is 9.47 Å². The lowest BCUT2D eigenvalue weighted by Crippen LogP contribution is -2.21. The number of rotatable bonds is 8. The summed E-state index contributed by atoms with van der Waals surface area (Å²) in [5.74, 6) is -0.115. The molecule has 0 aliphatic carbocycles. The van der Waals surface area contributed by atoms with Crippen LogP contribution in [0.1, 0.15) is 51.0 Å². The maximum atomic E-state index is 12.7. The van der Waals surface area contributed by atoms with E-state index in [1.54, 1.807) is 24.3 Å². The number of esters is 1. The van der Waals surface area contributed by atoms with Crippen LogP contribution >= 0.6 is 0 Å². The second-order valence-electron chi connectivity index (χ2n) is 7.07. The molecule has 0 saturated heterocycles. The fraction of sp³-hybridized carbons (Fsp3) is 0.292. The van der Waals surface area contributed by atoms with Gasteiger partial charge in [0.05, 0.1) is 17.9 Å². The largest absolute Gasteiger partial charge is 0.484 e. The molecular weight excluding hydrogens is 380 g/mol. The molecule has 3 rings (SSSR count). The van der Waals surface area contributed by atoms with Gasteiger partial charge in [-0.1, -0.05) is 37.3 Å². The Morgan fingerprint density at radius 1 is 1.00 bits per heavy atom. The van der Waals surface area contributed by atoms with Gasteiger partial charge in [0.15, 0.2) is 6.61 Å². The van der Waals surface area contributed by atoms with E-state index in [2.05, 4.69) is 17.2 Å². The van der Waals surface area contributed by atoms with E-state index in [1.807, 2.05) is 39.0 Å². The summed E-state index contributed by atoms with van der Waals surface area (Å²) >= 11 is 0. The van der Waals surface area contributed by atoms with Crippen molar-refractivity contribution in [2.45, 2.75) is 33.6 Å². The van der Waals surface area contributed by atoms with Crippen molar-refractivity contribution in [3.63, 3.8) is 0 Å². The highest BCUT2D eigenvalue weighted by molar-refractivity contribution is 5.89. The number of benzene rings is 2. The van der Waals surface area contributed by atoms with Crippen LogP contribution in [-0.2, 0) is 11.2 Å². The molecule has 1 heterocycles. The van der Waals surface area contributed by atoms with Crippen LogP contribution in [0.25, 0.3) is 0 Å². The predicted molar refractivity (Wildman–Crippen MR) is 114 cm³/mol. The average Bonchev–Trinajstić information content (AvgIpc) is 3.05. The van der Waals surface area contributed by atoms with Gasteiger partial charge in [-0.15, -0.1) is 0 Å². The average molecular weight is 406 g/mol. The normalized spacial score (nSPS) is 10.6. The predicted octanol–water partition coefficient (Wildman–Crippen LogP) is 4.38. The number of hydrogen-bond acceptors (Lipinski definition) is 5. The molecule has 0 unspecified atom stereocenters. The molecule has 0 aliphatic heterocycles. The van der Waals surface area contributed by atoms with Gasteiger partial charge in [-0.25, -0.2) is 9.48 Å². The maximum Gasteiger partial charge on any atom is 0.338 e. The van der Waals surface area contributed by atoms with Crippen molar-refractivity contribution in [3.8, 4) is 5.75 Å². The van der Waals surface area contributed by atoms with Crippen LogP contribution in [-0.4, -0.2) is 34.9 Å². The molecule has 0 radical (unpaired) electrons.